The number of hydrogen-bond donors (Lipinski definition) is 6. The number of anilines is 4. The molecular weight excluding hydrogens is 702 g/mol. The van der Waals surface area contributed by atoms with E-state index in [4.69, 9.17) is 4.74 Å². The molecule has 21 heteroatoms. The van der Waals surface area contributed by atoms with Crippen LogP contribution >= 0.6 is 0 Å². The molecule has 1 heterocycles. The van der Waals surface area contributed by atoms with Crippen LogP contribution in [0.4, 0.5) is 33.3 Å². The lowest BCUT2D eigenvalue weighted by atomic mass is 10.2. The van der Waals surface area contributed by atoms with E-state index in [0.29, 0.717) is 5.56 Å². The third kappa shape index (κ3) is 10.6. The van der Waals surface area contributed by atoms with Gasteiger partial charge in [0.05, 0.1) is 35.1 Å². The maximum absolute atomic E-state index is 14.3. The third-order valence-corrected chi connectivity index (χ3v) is 8.31. The standard InChI is InChI=1S/C29H28FN9O9S2/c1-2-49(43,44)15-14-48-13-12-31-28-33-27(30)34-29(35-28)32-22-16-19(50(45,46)47)17-23(24(22)40)37-39-25(18-8-4-3-5-9-18)38-36-21-11-7-6-10-20(21)26(41)42/h2-11,16-17,37,40H,1,12-15H2,(H,41,42)(H,45,46,47)(H2,31,32,33,34,35). The topological polar surface area (TPSA) is 267 Å². The van der Waals surface area contributed by atoms with Crippen LogP contribution in [-0.4, -0.2) is 83.9 Å². The maximum Gasteiger partial charge on any atom is 0.337 e. The normalized spacial score (nSPS) is 12.1. The third-order valence-electron chi connectivity index (χ3n) is 6.23. The van der Waals surface area contributed by atoms with Gasteiger partial charge in [-0.25, -0.2) is 13.2 Å². The van der Waals surface area contributed by atoms with Crippen molar-refractivity contribution in [1.29, 1.82) is 0 Å². The van der Waals surface area contributed by atoms with Crippen molar-refractivity contribution >= 4 is 60.7 Å². The number of sulfone groups is 1. The number of carboxylic acids is 1. The zero-order valence-corrected chi connectivity index (χ0v) is 27.3. The van der Waals surface area contributed by atoms with Crippen LogP contribution in [0.25, 0.3) is 0 Å². The number of nitrogens with one attached hydrogen (secondary N) is 3. The van der Waals surface area contributed by atoms with Crippen molar-refractivity contribution in [3.8, 4) is 5.75 Å². The minimum atomic E-state index is -4.89. The fourth-order valence-electron chi connectivity index (χ4n) is 3.83. The highest BCUT2D eigenvalue weighted by Gasteiger charge is 2.19. The number of hydrazone groups is 1. The second-order valence-electron chi connectivity index (χ2n) is 9.73. The molecule has 0 aliphatic carbocycles. The average molecular weight is 730 g/mol. The Kier molecular flexibility index (Phi) is 12.2. The van der Waals surface area contributed by atoms with Gasteiger partial charge in [0.25, 0.3) is 10.1 Å². The largest absolute Gasteiger partial charge is 0.504 e. The number of carboxylic acid groups (broad SMARTS) is 1. The first kappa shape index (κ1) is 36.9. The number of benzene rings is 3. The Hall–Kier alpha value is -5.90. The zero-order valence-electron chi connectivity index (χ0n) is 25.6. The van der Waals surface area contributed by atoms with Crippen LogP contribution in [0.2, 0.25) is 0 Å². The Labute approximate surface area is 284 Å². The van der Waals surface area contributed by atoms with E-state index in [1.54, 1.807) is 36.4 Å². The van der Waals surface area contributed by atoms with Gasteiger partial charge < -0.3 is 25.6 Å². The van der Waals surface area contributed by atoms with Crippen LogP contribution in [0.3, 0.4) is 0 Å². The molecule has 0 saturated carbocycles. The second-order valence-corrected chi connectivity index (χ2v) is 13.2. The monoisotopic (exact) mass is 729 g/mol. The van der Waals surface area contributed by atoms with Gasteiger partial charge in [0.15, 0.2) is 15.6 Å². The Morgan fingerprint density at radius 3 is 2.34 bits per heavy atom. The molecule has 1 aromatic heterocycles. The molecule has 4 rings (SSSR count). The van der Waals surface area contributed by atoms with Gasteiger partial charge in [-0.05, 0) is 24.3 Å². The Morgan fingerprint density at radius 1 is 0.960 bits per heavy atom. The van der Waals surface area contributed by atoms with Crippen molar-refractivity contribution < 1.29 is 45.5 Å². The molecule has 0 aliphatic rings. The number of phenolic OH excluding ortho intramolecular Hbond substituents is 1. The number of amidine groups is 1. The first-order valence-corrected chi connectivity index (χ1v) is 17.2. The van der Waals surface area contributed by atoms with Crippen molar-refractivity contribution in [2.75, 3.05) is 41.6 Å². The molecule has 6 N–H and O–H groups in total. The predicted molar refractivity (Wildman–Crippen MR) is 179 cm³/mol. The van der Waals surface area contributed by atoms with E-state index in [1.807, 2.05) is 0 Å². The van der Waals surface area contributed by atoms with Crippen LogP contribution in [-0.2, 0) is 24.7 Å². The van der Waals surface area contributed by atoms with Crippen LogP contribution in [0.1, 0.15) is 15.9 Å². The predicted octanol–water partition coefficient (Wildman–Crippen LogP) is 3.95. The molecule has 262 valence electrons. The number of carbonyl (C=O) groups is 1. The van der Waals surface area contributed by atoms with Crippen LogP contribution in [0.15, 0.2) is 98.9 Å². The molecular formula is C29H28FN9O9S2. The molecule has 0 bridgehead atoms. The SMILES string of the molecule is C=CS(=O)(=O)CCOCCNc1nc(F)nc(Nc2cc(S(=O)(=O)O)cc(NN=C(N=Nc3ccccc3C(=O)O)c3ccccc3)c2O)n1. The van der Waals surface area contributed by atoms with Gasteiger partial charge in [0, 0.05) is 17.5 Å². The molecule has 0 spiro atoms. The van der Waals surface area contributed by atoms with Crippen LogP contribution in [0, 0.1) is 6.08 Å². The maximum atomic E-state index is 14.3. The average Bonchev–Trinajstić information content (AvgIpc) is 3.07. The number of rotatable bonds is 16. The van der Waals surface area contributed by atoms with Crippen LogP contribution in [0.5, 0.6) is 5.75 Å². The summed E-state index contributed by atoms with van der Waals surface area (Å²) in [6.45, 7) is 3.10. The lowest BCUT2D eigenvalue weighted by Crippen LogP contribution is -2.16. The molecule has 50 heavy (non-hydrogen) atoms. The number of phenols is 1. The summed E-state index contributed by atoms with van der Waals surface area (Å²) < 4.78 is 76.4. The van der Waals surface area contributed by atoms with E-state index in [-0.39, 0.29) is 54.2 Å². The Morgan fingerprint density at radius 2 is 1.64 bits per heavy atom. The fraction of sp³-hybridized carbons (Fsp3) is 0.138. The zero-order chi connectivity index (χ0) is 36.3. The van der Waals surface area contributed by atoms with Gasteiger partial charge in [-0.3, -0.25) is 9.98 Å². The molecule has 0 amide bonds. The molecule has 3 aromatic carbocycles. The highest BCUT2D eigenvalue weighted by atomic mass is 32.2. The summed E-state index contributed by atoms with van der Waals surface area (Å²) in [6.07, 6.45) is -1.27. The minimum Gasteiger partial charge on any atom is -0.504 e. The molecule has 0 atom stereocenters. The Balaban J connectivity index is 1.61. The quantitative estimate of drug-likeness (QED) is 0.0181. The fourth-order valence-corrected chi connectivity index (χ4v) is 4.88. The highest BCUT2D eigenvalue weighted by Crippen LogP contribution is 2.37. The molecule has 0 unspecified atom stereocenters. The summed E-state index contributed by atoms with van der Waals surface area (Å²) in [6, 6.07) is 15.7. The smallest absolute Gasteiger partial charge is 0.337 e. The van der Waals surface area contributed by atoms with E-state index in [9.17, 15) is 40.8 Å². The van der Waals surface area contributed by atoms with Crippen molar-refractivity contribution in [2.45, 2.75) is 4.90 Å². The molecule has 0 aliphatic heterocycles. The number of aromatic hydroxyl groups is 1. The second kappa shape index (κ2) is 16.5. The van der Waals surface area contributed by atoms with E-state index >= 15 is 0 Å². The molecule has 18 nitrogen and oxygen atoms in total. The van der Waals surface area contributed by atoms with E-state index in [0.717, 1.165) is 17.5 Å². The molecule has 0 saturated heterocycles. The van der Waals surface area contributed by atoms with Crippen molar-refractivity contribution in [3.63, 3.8) is 0 Å². The van der Waals surface area contributed by atoms with Crippen molar-refractivity contribution in [1.82, 2.24) is 15.0 Å². The van der Waals surface area contributed by atoms with Crippen molar-refractivity contribution in [2.24, 2.45) is 15.3 Å². The lowest BCUT2D eigenvalue weighted by molar-refractivity contribution is 0.0697. The number of nitrogens with zero attached hydrogens (tertiary/aromatic N) is 6. The number of aromatic nitrogens is 3. The van der Waals surface area contributed by atoms with Gasteiger partial charge >= 0.3 is 12.0 Å². The number of aromatic carboxylic acids is 1. The van der Waals surface area contributed by atoms with Gasteiger partial charge in [-0.2, -0.15) is 32.9 Å². The first-order valence-electron chi connectivity index (χ1n) is 14.1. The number of azo groups is 1. The van der Waals surface area contributed by atoms with E-state index in [2.05, 4.69) is 52.9 Å². The van der Waals surface area contributed by atoms with Crippen LogP contribution < -0.4 is 16.1 Å². The van der Waals surface area contributed by atoms with Crippen molar-refractivity contribution in [3.05, 3.63) is 95.9 Å². The summed E-state index contributed by atoms with van der Waals surface area (Å²) in [5.74, 6) is -3.12. The summed E-state index contributed by atoms with van der Waals surface area (Å²) >= 11 is 0. The highest BCUT2D eigenvalue weighted by molar-refractivity contribution is 7.94. The van der Waals surface area contributed by atoms with E-state index in [1.165, 1.54) is 18.2 Å². The molecule has 4 aromatic rings. The van der Waals surface area contributed by atoms with Gasteiger partial charge in [0.1, 0.15) is 11.4 Å². The molecule has 0 radical (unpaired) electrons. The lowest BCUT2D eigenvalue weighted by Gasteiger charge is -2.13. The number of ether oxygens (including phenoxy) is 1. The number of hydrogen-bond acceptors (Lipinski definition) is 15. The van der Waals surface area contributed by atoms with E-state index < -0.39 is 54.3 Å². The summed E-state index contributed by atoms with van der Waals surface area (Å²) in [5, 5.41) is 38.6. The number of halogens is 1. The molecule has 0 fully saturated rings. The van der Waals surface area contributed by atoms with Gasteiger partial charge in [-0.1, -0.05) is 49.0 Å². The first-order chi connectivity index (χ1) is 23.8. The minimum absolute atomic E-state index is 0.00786. The summed E-state index contributed by atoms with van der Waals surface area (Å²) in [4.78, 5) is 21.8. The summed E-state index contributed by atoms with van der Waals surface area (Å²) in [5.41, 5.74) is 1.91. The van der Waals surface area contributed by atoms with Gasteiger partial charge in [0.2, 0.25) is 17.7 Å². The van der Waals surface area contributed by atoms with Gasteiger partial charge in [-0.15, -0.1) is 10.2 Å². The summed E-state index contributed by atoms with van der Waals surface area (Å²) in [7, 11) is -8.33. The Bertz CT molecular complexity index is 2150.